The van der Waals surface area contributed by atoms with Crippen molar-refractivity contribution in [2.75, 3.05) is 19.4 Å². The highest BCUT2D eigenvalue weighted by molar-refractivity contribution is 7.89. The van der Waals surface area contributed by atoms with Gasteiger partial charge in [0.15, 0.2) is 5.65 Å². The molecule has 2 heterocycles. The number of amides is 1. The molecule has 0 spiro atoms. The summed E-state index contributed by atoms with van der Waals surface area (Å²) in [4.78, 5) is 30.1. The molecule has 0 saturated heterocycles. The van der Waals surface area contributed by atoms with Crippen LogP contribution in [-0.2, 0) is 21.4 Å². The number of sulfonamides is 1. The first-order valence-corrected chi connectivity index (χ1v) is 11.9. The number of nitrogens with one attached hydrogen (secondary N) is 1. The molecule has 0 radical (unpaired) electrons. The zero-order valence-corrected chi connectivity index (χ0v) is 20.0. The van der Waals surface area contributed by atoms with Crippen molar-refractivity contribution in [2.45, 2.75) is 25.3 Å². The molecular formula is C23H24N6O4S. The van der Waals surface area contributed by atoms with Gasteiger partial charge in [-0.15, -0.1) is 0 Å². The van der Waals surface area contributed by atoms with Gasteiger partial charge in [-0.25, -0.2) is 22.4 Å². The van der Waals surface area contributed by atoms with Crippen molar-refractivity contribution in [2.24, 2.45) is 0 Å². The molecule has 0 bridgehead atoms. The van der Waals surface area contributed by atoms with Crippen LogP contribution < -0.4 is 10.9 Å². The Bertz CT molecular complexity index is 1560. The summed E-state index contributed by atoms with van der Waals surface area (Å²) in [7, 11) is -0.792. The van der Waals surface area contributed by atoms with Crippen LogP contribution >= 0.6 is 0 Å². The number of rotatable bonds is 6. The predicted molar refractivity (Wildman–Crippen MR) is 129 cm³/mol. The van der Waals surface area contributed by atoms with Crippen LogP contribution in [0.4, 0.5) is 5.69 Å². The fourth-order valence-electron chi connectivity index (χ4n) is 3.48. The van der Waals surface area contributed by atoms with E-state index in [-0.39, 0.29) is 16.8 Å². The molecule has 1 N–H and O–H groups in total. The molecule has 0 fully saturated rings. The third-order valence-corrected chi connectivity index (χ3v) is 7.36. The van der Waals surface area contributed by atoms with Crippen molar-refractivity contribution in [3.63, 3.8) is 0 Å². The minimum atomic E-state index is -3.68. The smallest absolute Gasteiger partial charge is 0.264 e. The lowest BCUT2D eigenvalue weighted by Gasteiger charge is -2.16. The van der Waals surface area contributed by atoms with Gasteiger partial charge in [0.05, 0.1) is 16.8 Å². The molecule has 4 aromatic rings. The third kappa shape index (κ3) is 4.22. The van der Waals surface area contributed by atoms with E-state index in [1.807, 2.05) is 30.3 Å². The molecule has 0 atom stereocenters. The van der Waals surface area contributed by atoms with Crippen LogP contribution in [0.2, 0.25) is 0 Å². The van der Waals surface area contributed by atoms with E-state index in [1.165, 1.54) is 37.3 Å². The van der Waals surface area contributed by atoms with Gasteiger partial charge in [0, 0.05) is 19.8 Å². The molecule has 0 aliphatic carbocycles. The molecule has 0 unspecified atom stereocenters. The molecule has 11 heteroatoms. The number of carbonyl (C=O) groups is 1. The zero-order valence-electron chi connectivity index (χ0n) is 19.2. The lowest BCUT2D eigenvalue weighted by Crippen LogP contribution is -2.28. The lowest BCUT2D eigenvalue weighted by atomic mass is 10.1. The Hall–Kier alpha value is -3.83. The molecular weight excluding hydrogens is 456 g/mol. The van der Waals surface area contributed by atoms with Crippen LogP contribution in [0.1, 0.15) is 11.1 Å². The highest BCUT2D eigenvalue weighted by atomic mass is 32.2. The molecule has 4 rings (SSSR count). The Kier molecular flexibility index (Phi) is 6.07. The maximum absolute atomic E-state index is 12.9. The summed E-state index contributed by atoms with van der Waals surface area (Å²) in [6.45, 7) is 3.27. The number of aryl methyl sites for hydroxylation is 1. The largest absolute Gasteiger partial charge is 0.324 e. The second-order valence-electron chi connectivity index (χ2n) is 8.06. The van der Waals surface area contributed by atoms with Crippen molar-refractivity contribution >= 4 is 32.7 Å². The van der Waals surface area contributed by atoms with Crippen molar-refractivity contribution in [1.82, 2.24) is 23.6 Å². The number of fused-ring (bicyclic) bond motifs is 1. The average molecular weight is 481 g/mol. The lowest BCUT2D eigenvalue weighted by molar-refractivity contribution is -0.116. The van der Waals surface area contributed by atoms with Crippen LogP contribution in [0.3, 0.4) is 0 Å². The Morgan fingerprint density at radius 1 is 1.12 bits per heavy atom. The van der Waals surface area contributed by atoms with Gasteiger partial charge < -0.3 is 5.32 Å². The number of hydrogen-bond acceptors (Lipinski definition) is 6. The first-order valence-electron chi connectivity index (χ1n) is 10.4. The van der Waals surface area contributed by atoms with E-state index in [0.717, 1.165) is 15.6 Å². The summed E-state index contributed by atoms with van der Waals surface area (Å²) in [5.74, 6) is -0.486. The standard InChI is InChI=1S/C23H24N6O4S/c1-15-10-18(34(32,33)27(3)4)11-20(16(15)2)26-21(30)13-28-14-24-22-19(23(28)31)12-25-29(22)17-8-6-5-7-9-17/h5-12,14H,13H2,1-4H3,(H,26,30). The maximum Gasteiger partial charge on any atom is 0.264 e. The van der Waals surface area contributed by atoms with Gasteiger partial charge in [-0.2, -0.15) is 5.10 Å². The summed E-state index contributed by atoms with van der Waals surface area (Å²) < 4.78 is 29.0. The summed E-state index contributed by atoms with van der Waals surface area (Å²) >= 11 is 0. The molecule has 176 valence electrons. The SMILES string of the molecule is Cc1cc(S(=O)(=O)N(C)C)cc(NC(=O)Cn2cnc3c(cnn3-c3ccccc3)c2=O)c1C. The summed E-state index contributed by atoms with van der Waals surface area (Å²) in [6.07, 6.45) is 2.73. The third-order valence-electron chi connectivity index (χ3n) is 5.56. The van der Waals surface area contributed by atoms with E-state index in [0.29, 0.717) is 16.9 Å². The quantitative estimate of drug-likeness (QED) is 0.451. The first kappa shape index (κ1) is 23.3. The number of nitrogens with zero attached hydrogens (tertiary/aromatic N) is 5. The summed E-state index contributed by atoms with van der Waals surface area (Å²) in [5, 5.41) is 7.27. The molecule has 2 aromatic heterocycles. The van der Waals surface area contributed by atoms with E-state index >= 15 is 0 Å². The van der Waals surface area contributed by atoms with Gasteiger partial charge in [-0.1, -0.05) is 18.2 Å². The number of hydrogen-bond donors (Lipinski definition) is 1. The summed E-state index contributed by atoms with van der Waals surface area (Å²) in [6, 6.07) is 12.3. The van der Waals surface area contributed by atoms with Crippen molar-refractivity contribution < 1.29 is 13.2 Å². The number of carbonyl (C=O) groups excluding carboxylic acids is 1. The monoisotopic (exact) mass is 480 g/mol. The highest BCUT2D eigenvalue weighted by Gasteiger charge is 2.20. The Morgan fingerprint density at radius 3 is 2.50 bits per heavy atom. The van der Waals surface area contributed by atoms with Gasteiger partial charge in [0.2, 0.25) is 15.9 Å². The zero-order chi connectivity index (χ0) is 24.6. The number of benzene rings is 2. The van der Waals surface area contributed by atoms with Crippen molar-refractivity contribution in [3.8, 4) is 5.69 Å². The molecule has 0 saturated carbocycles. The molecule has 10 nitrogen and oxygen atoms in total. The Morgan fingerprint density at radius 2 is 1.82 bits per heavy atom. The highest BCUT2D eigenvalue weighted by Crippen LogP contribution is 2.25. The normalized spacial score (nSPS) is 11.8. The van der Waals surface area contributed by atoms with Gasteiger partial charge in [-0.05, 0) is 49.2 Å². The van der Waals surface area contributed by atoms with Crippen LogP contribution in [0.5, 0.6) is 0 Å². The van der Waals surface area contributed by atoms with Gasteiger partial charge in [0.25, 0.3) is 5.56 Å². The molecule has 34 heavy (non-hydrogen) atoms. The van der Waals surface area contributed by atoms with E-state index in [9.17, 15) is 18.0 Å². The van der Waals surface area contributed by atoms with Crippen LogP contribution in [0, 0.1) is 13.8 Å². The fraction of sp³-hybridized carbons (Fsp3) is 0.217. The van der Waals surface area contributed by atoms with Gasteiger partial charge >= 0.3 is 0 Å². The van der Waals surface area contributed by atoms with Gasteiger partial charge in [-0.3, -0.25) is 14.2 Å². The van der Waals surface area contributed by atoms with E-state index in [1.54, 1.807) is 24.6 Å². The van der Waals surface area contributed by atoms with E-state index in [4.69, 9.17) is 0 Å². The van der Waals surface area contributed by atoms with E-state index < -0.39 is 21.5 Å². The maximum atomic E-state index is 12.9. The first-order chi connectivity index (χ1) is 16.1. The number of aromatic nitrogens is 4. The van der Waals surface area contributed by atoms with Crippen LogP contribution in [0.25, 0.3) is 16.7 Å². The fourth-order valence-corrected chi connectivity index (χ4v) is 4.49. The average Bonchev–Trinajstić information content (AvgIpc) is 3.24. The Labute approximate surface area is 196 Å². The minimum Gasteiger partial charge on any atom is -0.324 e. The topological polar surface area (TPSA) is 119 Å². The summed E-state index contributed by atoms with van der Waals surface area (Å²) in [5.41, 5.74) is 2.56. The van der Waals surface area contributed by atoms with Crippen molar-refractivity contribution in [3.05, 3.63) is 76.5 Å². The number of para-hydroxylation sites is 1. The second kappa shape index (κ2) is 8.84. The second-order valence-corrected chi connectivity index (χ2v) is 10.2. The van der Waals surface area contributed by atoms with Gasteiger partial charge in [0.1, 0.15) is 18.3 Å². The van der Waals surface area contributed by atoms with E-state index in [2.05, 4.69) is 15.4 Å². The van der Waals surface area contributed by atoms with Crippen LogP contribution in [-0.4, -0.2) is 52.1 Å². The molecule has 2 aromatic carbocycles. The van der Waals surface area contributed by atoms with Crippen molar-refractivity contribution in [1.29, 1.82) is 0 Å². The molecule has 0 aliphatic heterocycles. The van der Waals surface area contributed by atoms with Crippen LogP contribution in [0.15, 0.2) is 64.7 Å². The number of anilines is 1. The molecule has 0 aliphatic rings. The Balaban J connectivity index is 1.62. The minimum absolute atomic E-state index is 0.0736. The molecule has 1 amide bonds. The predicted octanol–water partition coefficient (Wildman–Crippen LogP) is 2.09.